The lowest BCUT2D eigenvalue weighted by atomic mass is 10.2. The van der Waals surface area contributed by atoms with Crippen LogP contribution in [-0.4, -0.2) is 49.5 Å². The minimum Gasteiger partial charge on any atom is -0.497 e. The van der Waals surface area contributed by atoms with E-state index in [0.717, 1.165) is 8.64 Å². The van der Waals surface area contributed by atoms with Crippen molar-refractivity contribution < 1.29 is 22.7 Å². The molecule has 34 heavy (non-hydrogen) atoms. The maximum atomic E-state index is 13.5. The number of carbonyl (C=O) groups excluding carboxylic acids is 1. The molecule has 4 rings (SSSR count). The van der Waals surface area contributed by atoms with Crippen LogP contribution < -0.4 is 19.1 Å². The molecule has 1 aliphatic rings. The van der Waals surface area contributed by atoms with Gasteiger partial charge in [-0.3, -0.25) is 14.4 Å². The van der Waals surface area contributed by atoms with E-state index in [1.807, 2.05) is 13.8 Å². The molecule has 3 aromatic rings. The molecule has 0 bridgehead atoms. The molecule has 0 radical (unpaired) electrons. The zero-order valence-electron chi connectivity index (χ0n) is 18.4. The van der Waals surface area contributed by atoms with Crippen molar-refractivity contribution in [3.05, 3.63) is 47.5 Å². The Balaban J connectivity index is 1.62. The largest absolute Gasteiger partial charge is 0.497 e. The van der Waals surface area contributed by atoms with E-state index in [0.29, 0.717) is 21.2 Å². The van der Waals surface area contributed by atoms with Crippen molar-refractivity contribution in [1.82, 2.24) is 10.2 Å². The number of anilines is 2. The molecule has 9 nitrogen and oxygen atoms in total. The van der Waals surface area contributed by atoms with Gasteiger partial charge in [0.25, 0.3) is 15.9 Å². The van der Waals surface area contributed by atoms with Crippen molar-refractivity contribution in [3.8, 4) is 11.5 Å². The number of methoxy groups -OCH3 is 1. The lowest BCUT2D eigenvalue weighted by Crippen LogP contribution is -2.48. The number of hydrogen-bond donors (Lipinski definition) is 1. The lowest BCUT2D eigenvalue weighted by molar-refractivity contribution is -0.122. The van der Waals surface area contributed by atoms with Crippen molar-refractivity contribution >= 4 is 61.4 Å². The highest BCUT2D eigenvalue weighted by atomic mass is 35.5. The van der Waals surface area contributed by atoms with Crippen molar-refractivity contribution in [2.75, 3.05) is 23.3 Å². The monoisotopic (exact) mass is 540 g/mol. The van der Waals surface area contributed by atoms with E-state index in [4.69, 9.17) is 21.1 Å². The molecule has 1 atom stereocenters. The Labute approximate surface area is 210 Å². The number of ether oxygens (including phenoxy) is 2. The second-order valence-corrected chi connectivity index (χ2v) is 12.6. The van der Waals surface area contributed by atoms with Gasteiger partial charge in [-0.15, -0.1) is 10.2 Å². The number of halogens is 1. The first-order valence-electron chi connectivity index (χ1n) is 10.1. The van der Waals surface area contributed by atoms with Gasteiger partial charge in [-0.05, 0) is 42.5 Å². The number of carbonyl (C=O) groups is 1. The van der Waals surface area contributed by atoms with Crippen LogP contribution in [0.1, 0.15) is 13.8 Å². The highest BCUT2D eigenvalue weighted by Gasteiger charge is 2.38. The number of rotatable bonds is 7. The van der Waals surface area contributed by atoms with Gasteiger partial charge in [0.15, 0.2) is 10.4 Å². The van der Waals surface area contributed by atoms with E-state index in [1.165, 1.54) is 54.5 Å². The summed E-state index contributed by atoms with van der Waals surface area (Å²) in [5.74, 6) is 0.211. The Morgan fingerprint density at radius 2 is 2.00 bits per heavy atom. The molecular weight excluding hydrogens is 520 g/mol. The first kappa shape index (κ1) is 24.6. The molecule has 0 spiro atoms. The molecule has 0 saturated carbocycles. The molecule has 1 amide bonds. The van der Waals surface area contributed by atoms with Crippen LogP contribution in [0.3, 0.4) is 0 Å². The number of benzene rings is 2. The van der Waals surface area contributed by atoms with E-state index < -0.39 is 22.0 Å². The number of amides is 1. The Kier molecular flexibility index (Phi) is 7.22. The van der Waals surface area contributed by atoms with Gasteiger partial charge in [0.1, 0.15) is 11.5 Å². The third kappa shape index (κ3) is 5.24. The first-order valence-corrected chi connectivity index (χ1v) is 13.6. The molecule has 0 unspecified atom stereocenters. The summed E-state index contributed by atoms with van der Waals surface area (Å²) in [6.07, 6.45) is -1.12. The fraction of sp³-hybridized carbons (Fsp3) is 0.286. The predicted molar refractivity (Wildman–Crippen MR) is 133 cm³/mol. The quantitative estimate of drug-likeness (QED) is 0.349. The standard InChI is InChI=1S/C21H21ClN4O5S3/c1-12(2)32-21-25-24-20(33-21)23-19(27)18-11-26(16-10-13(22)4-9-17(16)31-18)34(28,29)15-7-5-14(30-3)6-8-15/h4-10,12,18H,11H2,1-3H3,(H,23,24,27)/t18-/m1/s1. The summed E-state index contributed by atoms with van der Waals surface area (Å²) in [4.78, 5) is 13.0. The number of sulfonamides is 1. The van der Waals surface area contributed by atoms with E-state index in [2.05, 4.69) is 15.5 Å². The molecule has 13 heteroatoms. The van der Waals surface area contributed by atoms with Gasteiger partial charge in [0.05, 0.1) is 24.2 Å². The van der Waals surface area contributed by atoms with Crippen LogP contribution in [0.2, 0.25) is 5.02 Å². The second-order valence-electron chi connectivity index (χ2n) is 7.46. The Bertz CT molecular complexity index is 1300. The van der Waals surface area contributed by atoms with Crippen molar-refractivity contribution in [3.63, 3.8) is 0 Å². The number of aromatic nitrogens is 2. The molecule has 0 saturated heterocycles. The van der Waals surface area contributed by atoms with E-state index in [-0.39, 0.29) is 22.9 Å². The summed E-state index contributed by atoms with van der Waals surface area (Å²) in [6, 6.07) is 10.6. The molecule has 2 heterocycles. The Morgan fingerprint density at radius 3 is 2.68 bits per heavy atom. The minimum atomic E-state index is -4.04. The van der Waals surface area contributed by atoms with Crippen LogP contribution in [0.5, 0.6) is 11.5 Å². The van der Waals surface area contributed by atoms with Gasteiger partial charge in [0.2, 0.25) is 5.13 Å². The number of nitrogens with one attached hydrogen (secondary N) is 1. The van der Waals surface area contributed by atoms with Crippen LogP contribution in [0.4, 0.5) is 10.8 Å². The first-order chi connectivity index (χ1) is 16.2. The summed E-state index contributed by atoms with van der Waals surface area (Å²) in [6.45, 7) is 3.81. The van der Waals surface area contributed by atoms with Gasteiger partial charge < -0.3 is 9.47 Å². The van der Waals surface area contributed by atoms with E-state index in [9.17, 15) is 13.2 Å². The lowest BCUT2D eigenvalue weighted by Gasteiger charge is -2.34. The van der Waals surface area contributed by atoms with Crippen LogP contribution in [0.25, 0.3) is 0 Å². The maximum Gasteiger partial charge on any atom is 0.269 e. The fourth-order valence-corrected chi connectivity index (χ4v) is 6.77. The van der Waals surface area contributed by atoms with Gasteiger partial charge in [-0.2, -0.15) is 0 Å². The zero-order valence-corrected chi connectivity index (χ0v) is 21.6. The number of nitrogens with zero attached hydrogens (tertiary/aromatic N) is 3. The highest BCUT2D eigenvalue weighted by molar-refractivity contribution is 8.01. The van der Waals surface area contributed by atoms with Crippen molar-refractivity contribution in [1.29, 1.82) is 0 Å². The molecule has 1 aliphatic heterocycles. The summed E-state index contributed by atoms with van der Waals surface area (Å²) in [7, 11) is -2.54. The number of fused-ring (bicyclic) bond motifs is 1. The molecule has 0 aliphatic carbocycles. The molecule has 0 fully saturated rings. The summed E-state index contributed by atoms with van der Waals surface area (Å²) >= 11 is 8.90. The molecule has 180 valence electrons. The van der Waals surface area contributed by atoms with Crippen LogP contribution >= 0.6 is 34.7 Å². The normalized spacial score (nSPS) is 15.6. The second kappa shape index (κ2) is 9.98. The van der Waals surface area contributed by atoms with Crippen LogP contribution in [0, 0.1) is 0 Å². The summed E-state index contributed by atoms with van der Waals surface area (Å²) in [5.41, 5.74) is 0.249. The third-order valence-electron chi connectivity index (χ3n) is 4.70. The Morgan fingerprint density at radius 1 is 1.26 bits per heavy atom. The Hall–Kier alpha value is -2.54. The smallest absolute Gasteiger partial charge is 0.269 e. The average molecular weight is 541 g/mol. The zero-order chi connectivity index (χ0) is 24.5. The maximum absolute atomic E-state index is 13.5. The average Bonchev–Trinajstić information content (AvgIpc) is 3.24. The number of thioether (sulfide) groups is 1. The number of hydrogen-bond acceptors (Lipinski definition) is 9. The highest BCUT2D eigenvalue weighted by Crippen LogP contribution is 2.39. The third-order valence-corrected chi connectivity index (χ3v) is 8.66. The van der Waals surface area contributed by atoms with Gasteiger partial charge >= 0.3 is 0 Å². The van der Waals surface area contributed by atoms with Crippen LogP contribution in [-0.2, 0) is 14.8 Å². The summed E-state index contributed by atoms with van der Waals surface area (Å²) in [5, 5.41) is 11.7. The van der Waals surface area contributed by atoms with Gasteiger partial charge in [0, 0.05) is 10.3 Å². The topological polar surface area (TPSA) is 111 Å². The molecule has 2 aromatic carbocycles. The molecule has 1 N–H and O–H groups in total. The molecule has 1 aromatic heterocycles. The van der Waals surface area contributed by atoms with E-state index in [1.54, 1.807) is 18.2 Å². The van der Waals surface area contributed by atoms with Gasteiger partial charge in [-0.25, -0.2) is 8.42 Å². The van der Waals surface area contributed by atoms with Crippen molar-refractivity contribution in [2.45, 2.75) is 34.4 Å². The van der Waals surface area contributed by atoms with E-state index >= 15 is 0 Å². The predicted octanol–water partition coefficient (Wildman–Crippen LogP) is 4.30. The van der Waals surface area contributed by atoms with Crippen molar-refractivity contribution in [2.24, 2.45) is 0 Å². The minimum absolute atomic E-state index is 0.0414. The molecular formula is C21H21ClN4O5S3. The summed E-state index contributed by atoms with van der Waals surface area (Å²) < 4.78 is 39.9. The van der Waals surface area contributed by atoms with Crippen LogP contribution in [0.15, 0.2) is 51.7 Å². The fourth-order valence-electron chi connectivity index (χ4n) is 3.16. The SMILES string of the molecule is COc1ccc(S(=O)(=O)N2C[C@H](C(=O)Nc3nnc(SC(C)C)s3)Oc3ccc(Cl)cc32)cc1. The van der Waals surface area contributed by atoms with Gasteiger partial charge in [-0.1, -0.05) is 48.5 Å².